The van der Waals surface area contributed by atoms with Crippen molar-refractivity contribution in [3.05, 3.63) is 22.7 Å². The van der Waals surface area contributed by atoms with E-state index in [1.807, 2.05) is 19.9 Å². The Kier molecular flexibility index (Phi) is 3.52. The Balaban J connectivity index is 2.86. The number of nitrogens with two attached hydrogens (primary N) is 1. The molecule has 0 bridgehead atoms. The van der Waals surface area contributed by atoms with Crippen LogP contribution in [0.25, 0.3) is 0 Å². The minimum absolute atomic E-state index is 0.0173. The molecule has 76 valence electrons. The van der Waals surface area contributed by atoms with E-state index in [0.717, 1.165) is 4.47 Å². The number of amides is 1. The minimum Gasteiger partial charge on any atom is -0.399 e. The summed E-state index contributed by atoms with van der Waals surface area (Å²) in [5.41, 5.74) is 6.95. The zero-order valence-corrected chi connectivity index (χ0v) is 9.76. The lowest BCUT2D eigenvalue weighted by Gasteiger charge is -2.09. The molecule has 0 spiro atoms. The molecule has 0 aliphatic rings. The molecule has 1 aromatic carbocycles. The maximum atomic E-state index is 11.4. The van der Waals surface area contributed by atoms with E-state index in [-0.39, 0.29) is 11.8 Å². The molecule has 0 saturated heterocycles. The van der Waals surface area contributed by atoms with Crippen LogP contribution in [0.2, 0.25) is 0 Å². The van der Waals surface area contributed by atoms with Gasteiger partial charge in [0, 0.05) is 16.1 Å². The van der Waals surface area contributed by atoms with E-state index in [1.54, 1.807) is 12.1 Å². The Morgan fingerprint density at radius 2 is 2.14 bits per heavy atom. The molecular weight excluding hydrogens is 244 g/mol. The first-order chi connectivity index (χ1) is 6.50. The highest BCUT2D eigenvalue weighted by molar-refractivity contribution is 9.10. The predicted molar refractivity (Wildman–Crippen MR) is 62.0 cm³/mol. The van der Waals surface area contributed by atoms with Crippen molar-refractivity contribution in [2.45, 2.75) is 13.8 Å². The highest BCUT2D eigenvalue weighted by Gasteiger charge is 2.09. The van der Waals surface area contributed by atoms with E-state index in [1.165, 1.54) is 0 Å². The van der Waals surface area contributed by atoms with Crippen molar-refractivity contribution < 1.29 is 4.79 Å². The number of carbonyl (C=O) groups is 1. The average Bonchev–Trinajstić information content (AvgIpc) is 2.11. The van der Waals surface area contributed by atoms with Gasteiger partial charge in [-0.25, -0.2) is 0 Å². The average molecular weight is 257 g/mol. The Hall–Kier alpha value is -1.03. The molecule has 0 atom stereocenters. The number of rotatable bonds is 2. The monoisotopic (exact) mass is 256 g/mol. The number of halogens is 1. The molecule has 0 aliphatic carbocycles. The van der Waals surface area contributed by atoms with Crippen molar-refractivity contribution >= 4 is 33.2 Å². The van der Waals surface area contributed by atoms with Gasteiger partial charge >= 0.3 is 0 Å². The first-order valence-corrected chi connectivity index (χ1v) is 5.16. The lowest BCUT2D eigenvalue weighted by Crippen LogP contribution is -2.18. The second kappa shape index (κ2) is 4.46. The van der Waals surface area contributed by atoms with Crippen LogP contribution in [0.1, 0.15) is 13.8 Å². The third-order valence-corrected chi connectivity index (χ3v) is 2.46. The van der Waals surface area contributed by atoms with Crippen LogP contribution in [0, 0.1) is 5.92 Å². The second-order valence-corrected chi connectivity index (χ2v) is 4.24. The maximum Gasteiger partial charge on any atom is 0.226 e. The van der Waals surface area contributed by atoms with E-state index in [4.69, 9.17) is 5.73 Å². The van der Waals surface area contributed by atoms with E-state index in [0.29, 0.717) is 11.4 Å². The lowest BCUT2D eigenvalue weighted by molar-refractivity contribution is -0.118. The van der Waals surface area contributed by atoms with Crippen LogP contribution in [-0.2, 0) is 4.79 Å². The summed E-state index contributed by atoms with van der Waals surface area (Å²) in [5.74, 6) is -0.0559. The van der Waals surface area contributed by atoms with Crippen molar-refractivity contribution in [1.29, 1.82) is 0 Å². The molecule has 0 aliphatic heterocycles. The number of hydrogen-bond acceptors (Lipinski definition) is 2. The van der Waals surface area contributed by atoms with Crippen LogP contribution in [-0.4, -0.2) is 5.91 Å². The molecular formula is C10H13BrN2O. The van der Waals surface area contributed by atoms with Crippen LogP contribution >= 0.6 is 15.9 Å². The van der Waals surface area contributed by atoms with Crippen molar-refractivity contribution in [1.82, 2.24) is 0 Å². The summed E-state index contributed by atoms with van der Waals surface area (Å²) in [5, 5.41) is 2.78. The van der Waals surface area contributed by atoms with Gasteiger partial charge in [-0.05, 0) is 34.1 Å². The third-order valence-electron chi connectivity index (χ3n) is 1.77. The van der Waals surface area contributed by atoms with Gasteiger partial charge in [0.2, 0.25) is 5.91 Å². The highest BCUT2D eigenvalue weighted by Crippen LogP contribution is 2.24. The minimum atomic E-state index is -0.0386. The molecule has 0 unspecified atom stereocenters. The number of hydrogen-bond donors (Lipinski definition) is 2. The zero-order chi connectivity index (χ0) is 10.7. The summed E-state index contributed by atoms with van der Waals surface area (Å²) < 4.78 is 0.834. The summed E-state index contributed by atoms with van der Waals surface area (Å²) in [4.78, 5) is 11.4. The van der Waals surface area contributed by atoms with Crippen LogP contribution in [0.5, 0.6) is 0 Å². The summed E-state index contributed by atoms with van der Waals surface area (Å²) >= 11 is 3.34. The summed E-state index contributed by atoms with van der Waals surface area (Å²) in [6.07, 6.45) is 0. The maximum absolute atomic E-state index is 11.4. The smallest absolute Gasteiger partial charge is 0.226 e. The quantitative estimate of drug-likeness (QED) is 0.800. The van der Waals surface area contributed by atoms with Gasteiger partial charge < -0.3 is 11.1 Å². The number of nitrogens with one attached hydrogen (secondary N) is 1. The lowest BCUT2D eigenvalue weighted by atomic mass is 10.2. The predicted octanol–water partition coefficient (Wildman–Crippen LogP) is 2.63. The van der Waals surface area contributed by atoms with Gasteiger partial charge in [-0.3, -0.25) is 4.79 Å². The zero-order valence-electron chi connectivity index (χ0n) is 8.17. The largest absolute Gasteiger partial charge is 0.399 e. The molecule has 0 radical (unpaired) electrons. The van der Waals surface area contributed by atoms with Crippen molar-refractivity contribution in [2.24, 2.45) is 5.92 Å². The molecule has 0 fully saturated rings. The molecule has 3 nitrogen and oxygen atoms in total. The number of benzene rings is 1. The molecule has 14 heavy (non-hydrogen) atoms. The van der Waals surface area contributed by atoms with Crippen LogP contribution < -0.4 is 11.1 Å². The third kappa shape index (κ3) is 2.73. The number of anilines is 2. The van der Waals surface area contributed by atoms with Gasteiger partial charge in [-0.15, -0.1) is 0 Å². The van der Waals surface area contributed by atoms with Crippen LogP contribution in [0.3, 0.4) is 0 Å². The molecule has 1 aromatic rings. The molecule has 1 rings (SSSR count). The van der Waals surface area contributed by atoms with E-state index < -0.39 is 0 Å². The number of carbonyl (C=O) groups excluding carboxylic acids is 1. The molecule has 1 amide bonds. The fraction of sp³-hybridized carbons (Fsp3) is 0.300. The summed E-state index contributed by atoms with van der Waals surface area (Å²) in [7, 11) is 0. The normalized spacial score (nSPS) is 10.3. The van der Waals surface area contributed by atoms with Crippen LogP contribution in [0.15, 0.2) is 22.7 Å². The van der Waals surface area contributed by atoms with Gasteiger partial charge in [0.1, 0.15) is 0 Å². The molecule has 4 heteroatoms. The Labute approximate surface area is 91.8 Å². The first-order valence-electron chi connectivity index (χ1n) is 4.36. The topological polar surface area (TPSA) is 55.1 Å². The summed E-state index contributed by atoms with van der Waals surface area (Å²) in [6.45, 7) is 3.69. The Morgan fingerprint density at radius 3 is 2.71 bits per heavy atom. The SMILES string of the molecule is CC(C)C(=O)Nc1cc(N)ccc1Br. The molecule has 0 saturated carbocycles. The van der Waals surface area contributed by atoms with E-state index in [2.05, 4.69) is 21.2 Å². The van der Waals surface area contributed by atoms with Gasteiger partial charge in [-0.1, -0.05) is 13.8 Å². The van der Waals surface area contributed by atoms with Crippen molar-refractivity contribution in [3.63, 3.8) is 0 Å². The van der Waals surface area contributed by atoms with E-state index >= 15 is 0 Å². The highest BCUT2D eigenvalue weighted by atomic mass is 79.9. The van der Waals surface area contributed by atoms with Gasteiger partial charge in [0.15, 0.2) is 0 Å². The Bertz CT molecular complexity index is 350. The van der Waals surface area contributed by atoms with E-state index in [9.17, 15) is 4.79 Å². The standard InChI is InChI=1S/C10H13BrN2O/c1-6(2)10(14)13-9-5-7(12)3-4-8(9)11/h3-6H,12H2,1-2H3,(H,13,14). The Morgan fingerprint density at radius 1 is 1.50 bits per heavy atom. The van der Waals surface area contributed by atoms with Gasteiger partial charge in [0.25, 0.3) is 0 Å². The fourth-order valence-corrected chi connectivity index (χ4v) is 1.26. The summed E-state index contributed by atoms with van der Waals surface area (Å²) in [6, 6.07) is 5.31. The van der Waals surface area contributed by atoms with Crippen molar-refractivity contribution in [2.75, 3.05) is 11.1 Å². The second-order valence-electron chi connectivity index (χ2n) is 3.38. The number of nitrogen functional groups attached to an aromatic ring is 1. The molecule has 0 heterocycles. The fourth-order valence-electron chi connectivity index (χ4n) is 0.916. The van der Waals surface area contributed by atoms with Gasteiger partial charge in [-0.2, -0.15) is 0 Å². The van der Waals surface area contributed by atoms with Crippen LogP contribution in [0.4, 0.5) is 11.4 Å². The van der Waals surface area contributed by atoms with Gasteiger partial charge in [0.05, 0.1) is 5.69 Å². The first kappa shape index (κ1) is 11.0. The molecule has 3 N–H and O–H groups in total. The van der Waals surface area contributed by atoms with Crippen molar-refractivity contribution in [3.8, 4) is 0 Å². The molecule has 0 aromatic heterocycles.